The van der Waals surface area contributed by atoms with Crippen molar-refractivity contribution in [3.63, 3.8) is 0 Å². The molecule has 7 heteroatoms. The summed E-state index contributed by atoms with van der Waals surface area (Å²) in [5.74, 6) is 2.37. The molecular weight excluding hydrogens is 505 g/mol. The molecule has 1 fully saturated rings. The summed E-state index contributed by atoms with van der Waals surface area (Å²) in [6.45, 7) is 5.72. The zero-order valence-electron chi connectivity index (χ0n) is 18.2. The van der Waals surface area contributed by atoms with Crippen LogP contribution >= 0.6 is 24.0 Å². The van der Waals surface area contributed by atoms with Crippen molar-refractivity contribution in [2.75, 3.05) is 40.0 Å². The molecule has 1 atom stereocenters. The largest absolute Gasteiger partial charge is 0.486 e. The van der Waals surface area contributed by atoms with Crippen LogP contribution in [0.1, 0.15) is 24.0 Å². The minimum atomic E-state index is -0.0631. The second-order valence-corrected chi connectivity index (χ2v) is 8.01. The van der Waals surface area contributed by atoms with E-state index in [0.29, 0.717) is 13.2 Å². The van der Waals surface area contributed by atoms with Crippen molar-refractivity contribution in [2.45, 2.75) is 31.3 Å². The molecule has 2 N–H and O–H groups in total. The predicted molar refractivity (Wildman–Crippen MR) is 134 cm³/mol. The van der Waals surface area contributed by atoms with Crippen LogP contribution in [0.25, 0.3) is 0 Å². The Morgan fingerprint density at radius 1 is 1.03 bits per heavy atom. The van der Waals surface area contributed by atoms with E-state index in [1.807, 2.05) is 24.3 Å². The maximum Gasteiger partial charge on any atom is 0.191 e. The summed E-state index contributed by atoms with van der Waals surface area (Å²) in [7, 11) is 1.80. The number of rotatable bonds is 5. The zero-order valence-corrected chi connectivity index (χ0v) is 20.6. The van der Waals surface area contributed by atoms with Gasteiger partial charge in [-0.15, -0.1) is 24.0 Å². The SMILES string of the molecule is CN=C(NCC1COc2ccccc2O1)NCC1(c2ccccc2C)CCOCC1.I. The Bertz CT molecular complexity index is 884. The van der Waals surface area contributed by atoms with Gasteiger partial charge in [0.05, 0.1) is 6.54 Å². The minimum absolute atomic E-state index is 0. The van der Waals surface area contributed by atoms with Gasteiger partial charge in [-0.05, 0) is 43.0 Å². The molecule has 0 aromatic heterocycles. The highest BCUT2D eigenvalue weighted by molar-refractivity contribution is 14.0. The molecule has 0 spiro atoms. The van der Waals surface area contributed by atoms with Gasteiger partial charge in [0.15, 0.2) is 17.5 Å². The number of para-hydroxylation sites is 2. The minimum Gasteiger partial charge on any atom is -0.486 e. The fraction of sp³-hybridized carbons (Fsp3) is 0.458. The number of nitrogens with zero attached hydrogens (tertiary/aromatic N) is 1. The Morgan fingerprint density at radius 2 is 1.74 bits per heavy atom. The lowest BCUT2D eigenvalue weighted by Crippen LogP contribution is -2.50. The number of halogens is 1. The van der Waals surface area contributed by atoms with E-state index in [0.717, 1.165) is 50.1 Å². The number of benzene rings is 2. The highest BCUT2D eigenvalue weighted by Crippen LogP contribution is 2.36. The van der Waals surface area contributed by atoms with Crippen LogP contribution in [0.4, 0.5) is 0 Å². The Kier molecular flexibility index (Phi) is 8.43. The Morgan fingerprint density at radius 3 is 2.48 bits per heavy atom. The number of ether oxygens (including phenoxy) is 3. The van der Waals surface area contributed by atoms with Gasteiger partial charge < -0.3 is 24.8 Å². The first-order valence-electron chi connectivity index (χ1n) is 10.7. The molecule has 0 amide bonds. The van der Waals surface area contributed by atoms with Crippen LogP contribution in [-0.2, 0) is 10.2 Å². The summed E-state index contributed by atoms with van der Waals surface area (Å²) in [6.07, 6.45) is 1.93. The van der Waals surface area contributed by atoms with Crippen LogP contribution in [0.5, 0.6) is 11.5 Å². The van der Waals surface area contributed by atoms with Crippen molar-refractivity contribution in [2.24, 2.45) is 4.99 Å². The van der Waals surface area contributed by atoms with E-state index in [-0.39, 0.29) is 35.5 Å². The molecule has 0 radical (unpaired) electrons. The summed E-state index contributed by atoms with van der Waals surface area (Å²) in [5, 5.41) is 6.95. The van der Waals surface area contributed by atoms with E-state index >= 15 is 0 Å². The number of fused-ring (bicyclic) bond motifs is 1. The molecule has 0 bridgehead atoms. The van der Waals surface area contributed by atoms with E-state index in [9.17, 15) is 0 Å². The van der Waals surface area contributed by atoms with Crippen molar-refractivity contribution in [1.82, 2.24) is 10.6 Å². The number of hydrogen-bond donors (Lipinski definition) is 2. The molecule has 2 aliphatic heterocycles. The van der Waals surface area contributed by atoms with Crippen LogP contribution in [0.15, 0.2) is 53.5 Å². The van der Waals surface area contributed by atoms with Gasteiger partial charge in [0, 0.05) is 32.2 Å². The normalized spacial score (nSPS) is 19.8. The van der Waals surface area contributed by atoms with E-state index in [1.54, 1.807) is 7.05 Å². The molecule has 1 saturated heterocycles. The topological polar surface area (TPSA) is 64.1 Å². The van der Waals surface area contributed by atoms with Gasteiger partial charge in [0.1, 0.15) is 12.7 Å². The maximum absolute atomic E-state index is 6.04. The van der Waals surface area contributed by atoms with Gasteiger partial charge in [-0.25, -0.2) is 0 Å². The molecule has 2 aliphatic rings. The molecule has 6 nitrogen and oxygen atoms in total. The van der Waals surface area contributed by atoms with Crippen LogP contribution in [0.2, 0.25) is 0 Å². The third-order valence-corrected chi connectivity index (χ3v) is 6.05. The van der Waals surface area contributed by atoms with Crippen molar-refractivity contribution in [1.29, 1.82) is 0 Å². The lowest BCUT2D eigenvalue weighted by atomic mass is 9.72. The molecule has 0 aliphatic carbocycles. The fourth-order valence-corrected chi connectivity index (χ4v) is 4.32. The average molecular weight is 537 g/mol. The second kappa shape index (κ2) is 11.0. The third-order valence-electron chi connectivity index (χ3n) is 6.05. The van der Waals surface area contributed by atoms with Crippen LogP contribution < -0.4 is 20.1 Å². The van der Waals surface area contributed by atoms with Gasteiger partial charge in [-0.2, -0.15) is 0 Å². The van der Waals surface area contributed by atoms with Crippen molar-refractivity contribution >= 4 is 29.9 Å². The predicted octanol–water partition coefficient (Wildman–Crippen LogP) is 3.67. The average Bonchev–Trinajstić information content (AvgIpc) is 2.80. The Labute approximate surface area is 201 Å². The number of guanidine groups is 1. The summed E-state index contributed by atoms with van der Waals surface area (Å²) in [4.78, 5) is 4.42. The molecule has 0 saturated carbocycles. The smallest absolute Gasteiger partial charge is 0.191 e. The van der Waals surface area contributed by atoms with E-state index < -0.39 is 0 Å². The standard InChI is InChI=1S/C24H31N3O3.HI/c1-18-7-3-4-8-20(18)24(11-13-28-14-12-24)17-27-23(25-2)26-15-19-16-29-21-9-5-6-10-22(21)30-19;/h3-10,19H,11-17H2,1-2H3,(H2,25,26,27);1H. The van der Waals surface area contributed by atoms with E-state index in [1.165, 1.54) is 11.1 Å². The lowest BCUT2D eigenvalue weighted by Gasteiger charge is -2.39. The highest BCUT2D eigenvalue weighted by Gasteiger charge is 2.35. The second-order valence-electron chi connectivity index (χ2n) is 8.01. The first-order chi connectivity index (χ1) is 14.7. The van der Waals surface area contributed by atoms with Crippen LogP contribution in [-0.4, -0.2) is 52.0 Å². The molecule has 31 heavy (non-hydrogen) atoms. The van der Waals surface area contributed by atoms with Gasteiger partial charge in [0.2, 0.25) is 0 Å². The molecular formula is C24H32IN3O3. The monoisotopic (exact) mass is 537 g/mol. The van der Waals surface area contributed by atoms with Crippen molar-refractivity contribution in [3.05, 3.63) is 59.7 Å². The Balaban J connectivity index is 0.00000272. The van der Waals surface area contributed by atoms with Crippen LogP contribution in [0.3, 0.4) is 0 Å². The summed E-state index contributed by atoms with van der Waals surface area (Å²) < 4.78 is 17.5. The molecule has 2 aromatic carbocycles. The number of nitrogens with one attached hydrogen (secondary N) is 2. The van der Waals surface area contributed by atoms with Gasteiger partial charge >= 0.3 is 0 Å². The van der Waals surface area contributed by atoms with Gasteiger partial charge in [0.25, 0.3) is 0 Å². The first-order valence-corrected chi connectivity index (χ1v) is 10.7. The summed E-state index contributed by atoms with van der Waals surface area (Å²) in [5.41, 5.74) is 2.78. The van der Waals surface area contributed by atoms with Gasteiger partial charge in [-0.3, -0.25) is 4.99 Å². The lowest BCUT2D eigenvalue weighted by molar-refractivity contribution is 0.0511. The third kappa shape index (κ3) is 5.63. The zero-order chi connectivity index (χ0) is 20.8. The quantitative estimate of drug-likeness (QED) is 0.347. The number of hydrogen-bond acceptors (Lipinski definition) is 4. The fourth-order valence-electron chi connectivity index (χ4n) is 4.32. The maximum atomic E-state index is 6.04. The number of aliphatic imine (C=N–C) groups is 1. The summed E-state index contributed by atoms with van der Waals surface area (Å²) >= 11 is 0. The van der Waals surface area contributed by atoms with E-state index in [2.05, 4.69) is 46.8 Å². The molecule has 168 valence electrons. The van der Waals surface area contributed by atoms with Crippen molar-refractivity contribution in [3.8, 4) is 11.5 Å². The van der Waals surface area contributed by atoms with E-state index in [4.69, 9.17) is 14.2 Å². The first kappa shape index (κ1) is 23.7. The van der Waals surface area contributed by atoms with Gasteiger partial charge in [-0.1, -0.05) is 36.4 Å². The molecule has 2 aromatic rings. The molecule has 2 heterocycles. The summed E-state index contributed by atoms with van der Waals surface area (Å²) in [6, 6.07) is 16.4. The van der Waals surface area contributed by atoms with Crippen molar-refractivity contribution < 1.29 is 14.2 Å². The molecule has 4 rings (SSSR count). The number of aryl methyl sites for hydroxylation is 1. The molecule has 1 unspecified atom stereocenters. The highest BCUT2D eigenvalue weighted by atomic mass is 127. The Hall–Kier alpha value is -2.00. The van der Waals surface area contributed by atoms with Crippen LogP contribution in [0, 0.1) is 6.92 Å².